The topological polar surface area (TPSA) is 75.6 Å². The van der Waals surface area contributed by atoms with E-state index in [0.29, 0.717) is 16.2 Å². The number of carbonyl (C=O) groups is 2. The van der Waals surface area contributed by atoms with Crippen LogP contribution in [-0.4, -0.2) is 17.0 Å². The smallest absolute Gasteiger partial charge is 0.352 e. The summed E-state index contributed by atoms with van der Waals surface area (Å²) in [6.07, 6.45) is 1.33. The molecule has 1 amide bonds. The molecule has 3 rings (SSSR count). The number of hydrogen-bond donors (Lipinski definition) is 2. The molecule has 0 saturated heterocycles. The Balaban J connectivity index is 1.75. The van der Waals surface area contributed by atoms with Crippen LogP contribution >= 0.6 is 11.3 Å². The van der Waals surface area contributed by atoms with Crippen LogP contribution in [0.4, 0.5) is 4.39 Å². The van der Waals surface area contributed by atoms with Crippen molar-refractivity contribution in [3.8, 4) is 11.5 Å². The fourth-order valence-corrected chi connectivity index (χ4v) is 2.82. The zero-order valence-electron chi connectivity index (χ0n) is 13.9. The van der Waals surface area contributed by atoms with Crippen molar-refractivity contribution in [2.24, 2.45) is 0 Å². The molecule has 1 heterocycles. The number of amides is 1. The summed E-state index contributed by atoms with van der Waals surface area (Å²) in [5.41, 5.74) is 0.288. The first-order valence-corrected chi connectivity index (χ1v) is 8.73. The largest absolute Gasteiger partial charge is 0.477 e. The van der Waals surface area contributed by atoms with E-state index in [4.69, 9.17) is 4.74 Å². The highest BCUT2D eigenvalue weighted by Gasteiger charge is 2.14. The molecule has 0 fully saturated rings. The van der Waals surface area contributed by atoms with Gasteiger partial charge in [-0.05, 0) is 47.4 Å². The van der Waals surface area contributed by atoms with Gasteiger partial charge in [-0.15, -0.1) is 11.3 Å². The van der Waals surface area contributed by atoms with Gasteiger partial charge in [-0.2, -0.15) is 0 Å². The van der Waals surface area contributed by atoms with Gasteiger partial charge >= 0.3 is 5.97 Å². The van der Waals surface area contributed by atoms with Gasteiger partial charge < -0.3 is 15.2 Å². The molecule has 0 aliphatic rings. The molecule has 0 aliphatic carbocycles. The summed E-state index contributed by atoms with van der Waals surface area (Å²) < 4.78 is 19.1. The molecule has 0 bridgehead atoms. The van der Waals surface area contributed by atoms with Gasteiger partial charge in [-0.1, -0.05) is 30.3 Å². The van der Waals surface area contributed by atoms with Crippen LogP contribution in [0.15, 0.2) is 71.7 Å². The summed E-state index contributed by atoms with van der Waals surface area (Å²) in [7, 11) is 0. The molecule has 0 radical (unpaired) electrons. The van der Waals surface area contributed by atoms with Gasteiger partial charge in [0.15, 0.2) is 11.6 Å². The van der Waals surface area contributed by atoms with Crippen molar-refractivity contribution in [2.45, 2.75) is 0 Å². The van der Waals surface area contributed by atoms with Gasteiger partial charge in [0.25, 0.3) is 5.91 Å². The maximum atomic E-state index is 13.6. The number of carbonyl (C=O) groups excluding carboxylic acids is 1. The van der Waals surface area contributed by atoms with Gasteiger partial charge in [0.1, 0.15) is 11.4 Å². The zero-order valence-corrected chi connectivity index (χ0v) is 14.7. The Bertz CT molecular complexity index is 981. The van der Waals surface area contributed by atoms with E-state index in [0.717, 1.165) is 0 Å². The molecule has 0 aliphatic heterocycles. The zero-order chi connectivity index (χ0) is 19.2. The van der Waals surface area contributed by atoms with Crippen molar-refractivity contribution >= 4 is 29.3 Å². The van der Waals surface area contributed by atoms with Crippen molar-refractivity contribution in [1.29, 1.82) is 0 Å². The average Bonchev–Trinajstić information content (AvgIpc) is 3.19. The lowest BCUT2D eigenvalue weighted by molar-refractivity contribution is -0.132. The van der Waals surface area contributed by atoms with Crippen molar-refractivity contribution in [3.63, 3.8) is 0 Å². The van der Waals surface area contributed by atoms with E-state index in [-0.39, 0.29) is 11.4 Å². The van der Waals surface area contributed by atoms with E-state index in [1.165, 1.54) is 29.5 Å². The second-order valence-corrected chi connectivity index (χ2v) is 6.34. The molecule has 0 spiro atoms. The summed E-state index contributed by atoms with van der Waals surface area (Å²) in [5, 5.41) is 13.4. The third kappa shape index (κ3) is 4.80. The van der Waals surface area contributed by atoms with E-state index in [1.807, 2.05) is 0 Å². The fraction of sp³-hybridized carbons (Fsp3) is 0. The van der Waals surface area contributed by atoms with E-state index in [1.54, 1.807) is 53.9 Å². The van der Waals surface area contributed by atoms with Gasteiger partial charge in [-0.3, -0.25) is 4.79 Å². The van der Waals surface area contributed by atoms with Crippen LogP contribution in [0.5, 0.6) is 11.5 Å². The van der Waals surface area contributed by atoms with Gasteiger partial charge in [0.05, 0.1) is 4.88 Å². The van der Waals surface area contributed by atoms with E-state index >= 15 is 0 Å². The maximum Gasteiger partial charge on any atom is 0.352 e. The number of ether oxygens (including phenoxy) is 1. The van der Waals surface area contributed by atoms with Gasteiger partial charge in [0, 0.05) is 0 Å². The minimum atomic E-state index is -1.26. The SMILES string of the molecule is O=C(O)C(=Cc1ccc(Oc2ccccc2F)cc1)NC(=O)c1cccs1. The highest BCUT2D eigenvalue weighted by Crippen LogP contribution is 2.24. The summed E-state index contributed by atoms with van der Waals surface area (Å²) in [6.45, 7) is 0. The number of nitrogens with one attached hydrogen (secondary N) is 1. The molecule has 27 heavy (non-hydrogen) atoms. The number of thiophene rings is 1. The molecule has 0 unspecified atom stereocenters. The highest BCUT2D eigenvalue weighted by atomic mass is 32.1. The van der Waals surface area contributed by atoms with Crippen molar-refractivity contribution in [3.05, 3.63) is 88.0 Å². The first kappa shape index (κ1) is 18.3. The lowest BCUT2D eigenvalue weighted by atomic mass is 10.2. The molecule has 7 heteroatoms. The molecule has 1 aromatic heterocycles. The van der Waals surface area contributed by atoms with E-state index in [9.17, 15) is 19.1 Å². The van der Waals surface area contributed by atoms with Gasteiger partial charge in [0.2, 0.25) is 0 Å². The Hall–Kier alpha value is -3.45. The van der Waals surface area contributed by atoms with E-state index in [2.05, 4.69) is 5.32 Å². The molecule has 136 valence electrons. The Morgan fingerprint density at radius 2 is 1.78 bits per heavy atom. The predicted molar refractivity (Wildman–Crippen MR) is 100 cm³/mol. The van der Waals surface area contributed by atoms with Crippen molar-refractivity contribution in [2.75, 3.05) is 0 Å². The first-order valence-electron chi connectivity index (χ1n) is 7.85. The minimum absolute atomic E-state index is 0.0928. The second kappa shape index (κ2) is 8.29. The van der Waals surface area contributed by atoms with Crippen LogP contribution in [0.2, 0.25) is 0 Å². The summed E-state index contributed by atoms with van der Waals surface area (Å²) in [5.74, 6) is -1.73. The number of rotatable bonds is 6. The molecule has 3 aromatic rings. The molecular formula is C20H14FNO4S. The predicted octanol–water partition coefficient (Wildman–Crippen LogP) is 4.54. The van der Waals surface area contributed by atoms with Crippen molar-refractivity contribution in [1.82, 2.24) is 5.32 Å². The molecule has 5 nitrogen and oxygen atoms in total. The number of para-hydroxylation sites is 1. The second-order valence-electron chi connectivity index (χ2n) is 5.40. The lowest BCUT2D eigenvalue weighted by Gasteiger charge is -2.07. The molecule has 0 atom stereocenters. The molecule has 2 aromatic carbocycles. The number of aliphatic carboxylic acids is 1. The molecule has 2 N–H and O–H groups in total. The van der Waals surface area contributed by atoms with Crippen LogP contribution in [0.25, 0.3) is 6.08 Å². The Labute approximate surface area is 158 Å². The fourth-order valence-electron chi connectivity index (χ4n) is 2.20. The van der Waals surface area contributed by atoms with Gasteiger partial charge in [-0.25, -0.2) is 9.18 Å². The average molecular weight is 383 g/mol. The third-order valence-corrected chi connectivity index (χ3v) is 4.35. The lowest BCUT2D eigenvalue weighted by Crippen LogP contribution is -2.26. The number of halogens is 1. The molecular weight excluding hydrogens is 369 g/mol. The summed E-state index contributed by atoms with van der Waals surface area (Å²) >= 11 is 1.22. The van der Waals surface area contributed by atoms with E-state index < -0.39 is 17.7 Å². The van der Waals surface area contributed by atoms with Crippen molar-refractivity contribution < 1.29 is 23.8 Å². The standard InChI is InChI=1S/C20H14FNO4S/c21-15-4-1-2-5-17(15)26-14-9-7-13(8-10-14)12-16(20(24)25)22-19(23)18-6-3-11-27-18/h1-12H,(H,22,23)(H,24,25). The van der Waals surface area contributed by atoms with Crippen LogP contribution in [-0.2, 0) is 4.79 Å². The van der Waals surface area contributed by atoms with Crippen LogP contribution < -0.4 is 10.1 Å². The minimum Gasteiger partial charge on any atom is -0.477 e. The van der Waals surface area contributed by atoms with Crippen LogP contribution in [0.3, 0.4) is 0 Å². The van der Waals surface area contributed by atoms with Crippen LogP contribution in [0, 0.1) is 5.82 Å². The van der Waals surface area contributed by atoms with Crippen LogP contribution in [0.1, 0.15) is 15.2 Å². The number of carboxylic acids is 1. The highest BCUT2D eigenvalue weighted by molar-refractivity contribution is 7.12. The number of benzene rings is 2. The summed E-state index contributed by atoms with van der Waals surface area (Å²) in [4.78, 5) is 23.9. The normalized spacial score (nSPS) is 11.1. The quantitative estimate of drug-likeness (QED) is 0.613. The Morgan fingerprint density at radius 1 is 1.04 bits per heavy atom. The maximum absolute atomic E-state index is 13.6. The number of hydrogen-bond acceptors (Lipinski definition) is 4. The summed E-state index contributed by atoms with van der Waals surface area (Å²) in [6, 6.07) is 15.7. The molecule has 0 saturated carbocycles. The Kier molecular flexibility index (Phi) is 5.63. The third-order valence-electron chi connectivity index (χ3n) is 3.48. The number of carboxylic acid groups (broad SMARTS) is 1. The Morgan fingerprint density at radius 3 is 2.41 bits per heavy atom. The monoisotopic (exact) mass is 383 g/mol. The first-order chi connectivity index (χ1) is 13.0.